The zero-order chi connectivity index (χ0) is 12.1. The van der Waals surface area contributed by atoms with E-state index in [0.29, 0.717) is 6.04 Å². The lowest BCUT2D eigenvalue weighted by atomic mass is 10.2. The van der Waals surface area contributed by atoms with E-state index < -0.39 is 0 Å². The molecule has 4 nitrogen and oxygen atoms in total. The summed E-state index contributed by atoms with van der Waals surface area (Å²) in [5, 5.41) is 8.74. The number of carbonyl (C=O) groups excluding carboxylic acids is 1. The third-order valence-corrected chi connectivity index (χ3v) is 3.83. The van der Waals surface area contributed by atoms with Crippen LogP contribution in [0.4, 0.5) is 16.2 Å². The Morgan fingerprint density at radius 3 is 2.59 bits per heavy atom. The Labute approximate surface area is 106 Å². The second kappa shape index (κ2) is 5.82. The van der Waals surface area contributed by atoms with Crippen molar-refractivity contribution < 1.29 is 4.79 Å². The van der Waals surface area contributed by atoms with Gasteiger partial charge in [-0.2, -0.15) is 11.8 Å². The fraction of sp³-hybridized carbons (Fsp3) is 0.417. The number of nitrogens with one attached hydrogen (secondary N) is 3. The predicted molar refractivity (Wildman–Crippen MR) is 73.9 cm³/mol. The largest absolute Gasteiger partial charge is 0.381 e. The fourth-order valence-electron chi connectivity index (χ4n) is 1.73. The van der Waals surface area contributed by atoms with Gasteiger partial charge in [0, 0.05) is 30.2 Å². The van der Waals surface area contributed by atoms with Gasteiger partial charge in [-0.05, 0) is 36.4 Å². The van der Waals surface area contributed by atoms with E-state index in [1.54, 1.807) is 7.05 Å². The maximum atomic E-state index is 11.1. The SMILES string of the molecule is CNC(=O)Nc1ccc(NC2CCSC2)cc1. The average Bonchev–Trinajstić information content (AvgIpc) is 2.84. The molecule has 92 valence electrons. The molecule has 1 aliphatic heterocycles. The van der Waals surface area contributed by atoms with E-state index in [9.17, 15) is 4.79 Å². The van der Waals surface area contributed by atoms with Crippen molar-refractivity contribution in [3.63, 3.8) is 0 Å². The molecule has 2 amide bonds. The minimum absolute atomic E-state index is 0.196. The predicted octanol–water partition coefficient (Wildman–Crippen LogP) is 2.36. The van der Waals surface area contributed by atoms with Gasteiger partial charge in [-0.1, -0.05) is 0 Å². The smallest absolute Gasteiger partial charge is 0.318 e. The first-order chi connectivity index (χ1) is 8.28. The minimum Gasteiger partial charge on any atom is -0.381 e. The zero-order valence-corrected chi connectivity index (χ0v) is 10.6. The van der Waals surface area contributed by atoms with Crippen molar-refractivity contribution in [3.8, 4) is 0 Å². The minimum atomic E-state index is -0.196. The van der Waals surface area contributed by atoms with Crippen LogP contribution in [-0.4, -0.2) is 30.6 Å². The fourth-order valence-corrected chi connectivity index (χ4v) is 2.88. The molecule has 0 bridgehead atoms. The van der Waals surface area contributed by atoms with Gasteiger partial charge in [0.15, 0.2) is 0 Å². The van der Waals surface area contributed by atoms with E-state index in [2.05, 4.69) is 16.0 Å². The first-order valence-corrected chi connectivity index (χ1v) is 6.86. The molecular formula is C12H17N3OS. The van der Waals surface area contributed by atoms with E-state index in [-0.39, 0.29) is 6.03 Å². The molecule has 1 unspecified atom stereocenters. The number of carbonyl (C=O) groups is 1. The van der Waals surface area contributed by atoms with Gasteiger partial charge in [-0.15, -0.1) is 0 Å². The summed E-state index contributed by atoms with van der Waals surface area (Å²) in [6.45, 7) is 0. The van der Waals surface area contributed by atoms with Crippen molar-refractivity contribution in [1.29, 1.82) is 0 Å². The van der Waals surface area contributed by atoms with Crippen LogP contribution in [0, 0.1) is 0 Å². The Morgan fingerprint density at radius 1 is 1.29 bits per heavy atom. The molecule has 0 aromatic heterocycles. The Balaban J connectivity index is 1.90. The summed E-state index contributed by atoms with van der Waals surface area (Å²) in [5.74, 6) is 2.42. The van der Waals surface area contributed by atoms with Gasteiger partial charge in [0.25, 0.3) is 0 Å². The summed E-state index contributed by atoms with van der Waals surface area (Å²) in [5.41, 5.74) is 1.91. The maximum absolute atomic E-state index is 11.1. The second-order valence-electron chi connectivity index (χ2n) is 3.99. The van der Waals surface area contributed by atoms with Crippen LogP contribution < -0.4 is 16.0 Å². The van der Waals surface area contributed by atoms with E-state index in [0.717, 1.165) is 11.4 Å². The number of hydrogen-bond acceptors (Lipinski definition) is 3. The van der Waals surface area contributed by atoms with Crippen molar-refractivity contribution in [1.82, 2.24) is 5.32 Å². The van der Waals surface area contributed by atoms with Crippen molar-refractivity contribution >= 4 is 29.2 Å². The van der Waals surface area contributed by atoms with Crippen LogP contribution in [0.3, 0.4) is 0 Å². The van der Waals surface area contributed by atoms with Crippen LogP contribution in [0.15, 0.2) is 24.3 Å². The molecule has 1 aromatic carbocycles. The van der Waals surface area contributed by atoms with Gasteiger partial charge in [0.2, 0.25) is 0 Å². The van der Waals surface area contributed by atoms with Gasteiger partial charge in [0.1, 0.15) is 0 Å². The van der Waals surface area contributed by atoms with Crippen LogP contribution in [0.5, 0.6) is 0 Å². The molecule has 0 aliphatic carbocycles. The molecule has 0 spiro atoms. The highest BCUT2D eigenvalue weighted by molar-refractivity contribution is 7.99. The monoisotopic (exact) mass is 251 g/mol. The van der Waals surface area contributed by atoms with Crippen LogP contribution in [0.1, 0.15) is 6.42 Å². The summed E-state index contributed by atoms with van der Waals surface area (Å²) >= 11 is 1.99. The highest BCUT2D eigenvalue weighted by Gasteiger charge is 2.14. The lowest BCUT2D eigenvalue weighted by Crippen LogP contribution is -2.24. The summed E-state index contributed by atoms with van der Waals surface area (Å²) in [6.07, 6.45) is 1.23. The summed E-state index contributed by atoms with van der Waals surface area (Å²) < 4.78 is 0. The molecule has 1 heterocycles. The van der Waals surface area contributed by atoms with Crippen LogP contribution in [0.2, 0.25) is 0 Å². The molecular weight excluding hydrogens is 234 g/mol. The molecule has 1 saturated heterocycles. The Bertz CT molecular complexity index is 374. The van der Waals surface area contributed by atoms with Gasteiger partial charge < -0.3 is 16.0 Å². The first kappa shape index (κ1) is 12.1. The molecule has 1 atom stereocenters. The normalized spacial score (nSPS) is 18.8. The van der Waals surface area contributed by atoms with E-state index in [4.69, 9.17) is 0 Å². The van der Waals surface area contributed by atoms with E-state index in [1.165, 1.54) is 17.9 Å². The second-order valence-corrected chi connectivity index (χ2v) is 5.14. The van der Waals surface area contributed by atoms with Gasteiger partial charge in [-0.3, -0.25) is 0 Å². The van der Waals surface area contributed by atoms with Gasteiger partial charge in [-0.25, -0.2) is 4.79 Å². The van der Waals surface area contributed by atoms with Gasteiger partial charge >= 0.3 is 6.03 Å². The molecule has 0 saturated carbocycles. The first-order valence-electron chi connectivity index (χ1n) is 5.71. The summed E-state index contributed by atoms with van der Waals surface area (Å²) in [6, 6.07) is 8.18. The highest BCUT2D eigenvalue weighted by Crippen LogP contribution is 2.22. The Morgan fingerprint density at radius 2 is 2.00 bits per heavy atom. The van der Waals surface area contributed by atoms with Crippen LogP contribution in [0.25, 0.3) is 0 Å². The molecule has 0 radical (unpaired) electrons. The van der Waals surface area contributed by atoms with Gasteiger partial charge in [0.05, 0.1) is 0 Å². The molecule has 1 fully saturated rings. The van der Waals surface area contributed by atoms with E-state index >= 15 is 0 Å². The maximum Gasteiger partial charge on any atom is 0.318 e. The number of rotatable bonds is 3. The third-order valence-electron chi connectivity index (χ3n) is 2.67. The number of urea groups is 1. The van der Waals surface area contributed by atoms with Crippen LogP contribution >= 0.6 is 11.8 Å². The molecule has 3 N–H and O–H groups in total. The van der Waals surface area contributed by atoms with Crippen molar-refractivity contribution in [2.24, 2.45) is 0 Å². The molecule has 17 heavy (non-hydrogen) atoms. The molecule has 5 heteroatoms. The molecule has 2 rings (SSSR count). The zero-order valence-electron chi connectivity index (χ0n) is 9.82. The van der Waals surface area contributed by atoms with Crippen molar-refractivity contribution in [3.05, 3.63) is 24.3 Å². The lowest BCUT2D eigenvalue weighted by Gasteiger charge is -2.13. The summed E-state index contributed by atoms with van der Waals surface area (Å²) in [7, 11) is 1.60. The highest BCUT2D eigenvalue weighted by atomic mass is 32.2. The molecule has 1 aromatic rings. The number of hydrogen-bond donors (Lipinski definition) is 3. The summed E-state index contributed by atoms with van der Waals surface area (Å²) in [4.78, 5) is 11.1. The average molecular weight is 251 g/mol. The van der Waals surface area contributed by atoms with E-state index in [1.807, 2.05) is 36.0 Å². The quantitative estimate of drug-likeness (QED) is 0.773. The Hall–Kier alpha value is -1.36. The lowest BCUT2D eigenvalue weighted by molar-refractivity contribution is 0.254. The topological polar surface area (TPSA) is 53.2 Å². The Kier molecular flexibility index (Phi) is 4.14. The van der Waals surface area contributed by atoms with Crippen LogP contribution in [-0.2, 0) is 0 Å². The third kappa shape index (κ3) is 3.56. The van der Waals surface area contributed by atoms with Crippen molar-refractivity contribution in [2.75, 3.05) is 29.2 Å². The number of anilines is 2. The molecule has 1 aliphatic rings. The standard InChI is InChI=1S/C12H17N3OS/c1-13-12(16)15-10-4-2-9(3-5-10)14-11-6-7-17-8-11/h2-5,11,14H,6-8H2,1H3,(H2,13,15,16). The number of amides is 2. The number of thioether (sulfide) groups is 1. The number of benzene rings is 1. The van der Waals surface area contributed by atoms with Crippen molar-refractivity contribution in [2.45, 2.75) is 12.5 Å².